The molecule has 4 heteroatoms. The summed E-state index contributed by atoms with van der Waals surface area (Å²) in [5, 5.41) is 3.37. The Morgan fingerprint density at radius 1 is 1.22 bits per heavy atom. The molecule has 0 aliphatic carbocycles. The molecule has 0 unspecified atom stereocenters. The average molecular weight is 278 g/mol. The first-order valence-electron chi connectivity index (χ1n) is 6.90. The van der Waals surface area contributed by atoms with Crippen molar-refractivity contribution in [2.24, 2.45) is 5.92 Å². The van der Waals surface area contributed by atoms with E-state index < -0.39 is 0 Å². The van der Waals surface area contributed by atoms with Crippen LogP contribution in [0.4, 0.5) is 0 Å². The highest BCUT2D eigenvalue weighted by Crippen LogP contribution is 2.19. The van der Waals surface area contributed by atoms with Gasteiger partial charge in [0.05, 0.1) is 0 Å². The molecular weight excluding hydrogens is 250 g/mol. The minimum Gasteiger partial charge on any atom is -0.460 e. The first-order valence-corrected chi connectivity index (χ1v) is 6.90. The second-order valence-corrected chi connectivity index (χ2v) is 6.03. The van der Waals surface area contributed by atoms with Crippen molar-refractivity contribution in [2.45, 2.75) is 64.9 Å². The maximum absolute atomic E-state index is 11.5. The molecule has 1 aliphatic heterocycles. The zero-order valence-electron chi connectivity index (χ0n) is 12.0. The lowest BCUT2D eigenvalue weighted by Gasteiger charge is -2.22. The summed E-state index contributed by atoms with van der Waals surface area (Å²) >= 11 is 0. The fraction of sp³-hybridized carbons (Fsp3) is 0.929. The van der Waals surface area contributed by atoms with E-state index in [-0.39, 0.29) is 24.0 Å². The maximum Gasteiger partial charge on any atom is 0.306 e. The van der Waals surface area contributed by atoms with E-state index in [1.165, 1.54) is 19.3 Å². The molecule has 0 radical (unpaired) electrons. The van der Waals surface area contributed by atoms with Gasteiger partial charge in [0, 0.05) is 6.42 Å². The third-order valence-electron chi connectivity index (χ3n) is 3.12. The van der Waals surface area contributed by atoms with E-state index in [1.54, 1.807) is 0 Å². The van der Waals surface area contributed by atoms with E-state index in [1.807, 2.05) is 20.8 Å². The second-order valence-electron chi connectivity index (χ2n) is 6.03. The molecule has 1 saturated heterocycles. The Morgan fingerprint density at radius 2 is 1.83 bits per heavy atom. The van der Waals surface area contributed by atoms with Gasteiger partial charge in [0.15, 0.2) is 0 Å². The van der Waals surface area contributed by atoms with Gasteiger partial charge in [-0.05, 0) is 59.0 Å². The first-order chi connectivity index (χ1) is 7.97. The Morgan fingerprint density at radius 3 is 2.39 bits per heavy atom. The Hall–Kier alpha value is -0.280. The Labute approximate surface area is 117 Å². The SMILES string of the molecule is CC(C)(C)OC(=O)CCCCC1CCNCC1.Cl. The molecule has 0 saturated carbocycles. The van der Waals surface area contributed by atoms with Crippen LogP contribution in [0.15, 0.2) is 0 Å². The lowest BCUT2D eigenvalue weighted by molar-refractivity contribution is -0.154. The Bertz CT molecular complexity index is 232. The minimum atomic E-state index is -0.341. The second kappa shape index (κ2) is 8.76. The highest BCUT2D eigenvalue weighted by Gasteiger charge is 2.16. The standard InChI is InChI=1S/C14H27NO2.ClH/c1-14(2,3)17-13(16)7-5-4-6-12-8-10-15-11-9-12;/h12,15H,4-11H2,1-3H3;1H. The first kappa shape index (κ1) is 17.7. The van der Waals surface area contributed by atoms with Crippen molar-refractivity contribution < 1.29 is 9.53 Å². The van der Waals surface area contributed by atoms with Crippen molar-refractivity contribution in [3.8, 4) is 0 Å². The number of hydrogen-bond acceptors (Lipinski definition) is 3. The number of carbonyl (C=O) groups is 1. The van der Waals surface area contributed by atoms with Crippen molar-refractivity contribution in [3.63, 3.8) is 0 Å². The Kier molecular flexibility index (Phi) is 8.62. The maximum atomic E-state index is 11.5. The van der Waals surface area contributed by atoms with Crippen LogP contribution < -0.4 is 5.32 Å². The molecule has 0 amide bonds. The molecule has 1 aliphatic rings. The van der Waals surface area contributed by atoms with Crippen LogP contribution >= 0.6 is 12.4 Å². The lowest BCUT2D eigenvalue weighted by Crippen LogP contribution is -2.27. The summed E-state index contributed by atoms with van der Waals surface area (Å²) in [6.07, 6.45) is 6.56. The molecule has 0 aromatic heterocycles. The number of hydrogen-bond donors (Lipinski definition) is 1. The molecule has 1 heterocycles. The quantitative estimate of drug-likeness (QED) is 0.619. The summed E-state index contributed by atoms with van der Waals surface area (Å²) in [7, 11) is 0. The molecule has 1 fully saturated rings. The monoisotopic (exact) mass is 277 g/mol. The summed E-state index contributed by atoms with van der Waals surface area (Å²) in [5.74, 6) is 0.817. The van der Waals surface area contributed by atoms with Crippen LogP contribution in [0.5, 0.6) is 0 Å². The summed E-state index contributed by atoms with van der Waals surface area (Å²) in [6, 6.07) is 0. The molecule has 18 heavy (non-hydrogen) atoms. The molecule has 1 rings (SSSR count). The highest BCUT2D eigenvalue weighted by atomic mass is 35.5. The fourth-order valence-corrected chi connectivity index (χ4v) is 2.27. The van der Waals surface area contributed by atoms with Gasteiger partial charge in [0.25, 0.3) is 0 Å². The number of carbonyl (C=O) groups excluding carboxylic acids is 1. The van der Waals surface area contributed by atoms with Gasteiger partial charge < -0.3 is 10.1 Å². The molecule has 0 aromatic rings. The summed E-state index contributed by atoms with van der Waals surface area (Å²) in [4.78, 5) is 11.5. The van der Waals surface area contributed by atoms with E-state index >= 15 is 0 Å². The molecule has 1 N–H and O–H groups in total. The van der Waals surface area contributed by atoms with Crippen molar-refractivity contribution in [2.75, 3.05) is 13.1 Å². The van der Waals surface area contributed by atoms with Gasteiger partial charge in [-0.1, -0.05) is 12.8 Å². The number of ether oxygens (including phenoxy) is 1. The van der Waals surface area contributed by atoms with E-state index in [0.717, 1.165) is 31.8 Å². The van der Waals surface area contributed by atoms with E-state index in [9.17, 15) is 4.79 Å². The van der Waals surface area contributed by atoms with Gasteiger partial charge in [-0.3, -0.25) is 4.79 Å². The van der Waals surface area contributed by atoms with Crippen molar-refractivity contribution in [3.05, 3.63) is 0 Å². The molecule has 108 valence electrons. The van der Waals surface area contributed by atoms with E-state index in [2.05, 4.69) is 5.32 Å². The van der Waals surface area contributed by atoms with Crippen molar-refractivity contribution >= 4 is 18.4 Å². The topological polar surface area (TPSA) is 38.3 Å². The predicted octanol–water partition coefficient (Wildman–Crippen LogP) is 3.31. The van der Waals surface area contributed by atoms with Crippen molar-refractivity contribution in [1.29, 1.82) is 0 Å². The van der Waals surface area contributed by atoms with Crippen LogP contribution in [0.3, 0.4) is 0 Å². The fourth-order valence-electron chi connectivity index (χ4n) is 2.27. The number of unbranched alkanes of at least 4 members (excludes halogenated alkanes) is 1. The smallest absolute Gasteiger partial charge is 0.306 e. The Balaban J connectivity index is 0.00000289. The van der Waals surface area contributed by atoms with Gasteiger partial charge in [-0.15, -0.1) is 12.4 Å². The number of esters is 1. The highest BCUT2D eigenvalue weighted by molar-refractivity contribution is 5.85. The number of piperidine rings is 1. The summed E-state index contributed by atoms with van der Waals surface area (Å²) < 4.78 is 5.28. The van der Waals surface area contributed by atoms with Crippen molar-refractivity contribution in [1.82, 2.24) is 5.32 Å². The van der Waals surface area contributed by atoms with Crippen LogP contribution in [0.2, 0.25) is 0 Å². The van der Waals surface area contributed by atoms with Gasteiger partial charge in [-0.25, -0.2) is 0 Å². The molecule has 0 bridgehead atoms. The third-order valence-corrected chi connectivity index (χ3v) is 3.12. The normalized spacial score (nSPS) is 17.1. The lowest BCUT2D eigenvalue weighted by atomic mass is 9.92. The largest absolute Gasteiger partial charge is 0.460 e. The summed E-state index contributed by atoms with van der Waals surface area (Å²) in [6.45, 7) is 8.08. The van der Waals surface area contributed by atoms with Crippen LogP contribution in [0.25, 0.3) is 0 Å². The van der Waals surface area contributed by atoms with Gasteiger partial charge in [0.1, 0.15) is 5.60 Å². The zero-order valence-corrected chi connectivity index (χ0v) is 12.8. The number of halogens is 1. The molecular formula is C14H28ClNO2. The predicted molar refractivity (Wildman–Crippen MR) is 77.2 cm³/mol. The molecule has 3 nitrogen and oxygen atoms in total. The number of nitrogens with one attached hydrogen (secondary N) is 1. The van der Waals surface area contributed by atoms with Crippen LogP contribution in [0.1, 0.15) is 59.3 Å². The third kappa shape index (κ3) is 8.76. The van der Waals surface area contributed by atoms with E-state index in [4.69, 9.17) is 4.74 Å². The number of rotatable bonds is 5. The van der Waals surface area contributed by atoms with Gasteiger partial charge in [0.2, 0.25) is 0 Å². The minimum absolute atomic E-state index is 0. The molecule has 0 atom stereocenters. The van der Waals surface area contributed by atoms with Gasteiger partial charge in [-0.2, -0.15) is 0 Å². The van der Waals surface area contributed by atoms with Crippen LogP contribution in [-0.4, -0.2) is 24.7 Å². The van der Waals surface area contributed by atoms with Crippen LogP contribution in [0, 0.1) is 5.92 Å². The van der Waals surface area contributed by atoms with E-state index in [0.29, 0.717) is 6.42 Å². The zero-order chi connectivity index (χ0) is 12.7. The van der Waals surface area contributed by atoms with Crippen LogP contribution in [-0.2, 0) is 9.53 Å². The summed E-state index contributed by atoms with van der Waals surface area (Å²) in [5.41, 5.74) is -0.341. The molecule has 0 spiro atoms. The average Bonchev–Trinajstić information content (AvgIpc) is 2.23. The van der Waals surface area contributed by atoms with Gasteiger partial charge >= 0.3 is 5.97 Å². The molecule has 0 aromatic carbocycles.